The summed E-state index contributed by atoms with van der Waals surface area (Å²) in [4.78, 5) is 25.9. The maximum Gasteiger partial charge on any atom is 0.417 e. The molecule has 2 aromatic carbocycles. The highest BCUT2D eigenvalue weighted by molar-refractivity contribution is 9.10. The Morgan fingerprint density at radius 1 is 1.11 bits per heavy atom. The third-order valence-electron chi connectivity index (χ3n) is 2.77. The summed E-state index contributed by atoms with van der Waals surface area (Å²) in [7, 11) is 0. The van der Waals surface area contributed by atoms with Gasteiger partial charge >= 0.3 is 5.76 Å². The van der Waals surface area contributed by atoms with Crippen LogP contribution in [0.3, 0.4) is 0 Å². The molecule has 0 aliphatic rings. The lowest BCUT2D eigenvalue weighted by atomic mass is 10.0. The summed E-state index contributed by atoms with van der Waals surface area (Å²) in [6.45, 7) is 0. The van der Waals surface area contributed by atoms with Crippen LogP contribution in [0, 0.1) is 0 Å². The number of hydrogen-bond acceptors (Lipinski definition) is 3. The van der Waals surface area contributed by atoms with Crippen LogP contribution >= 0.6 is 15.9 Å². The Kier molecular flexibility index (Phi) is 2.83. The molecule has 0 fully saturated rings. The van der Waals surface area contributed by atoms with Gasteiger partial charge in [-0.1, -0.05) is 28.1 Å². The summed E-state index contributed by atoms with van der Waals surface area (Å²) in [5.74, 6) is -0.644. The molecule has 0 bridgehead atoms. The van der Waals surface area contributed by atoms with Gasteiger partial charge in [-0.2, -0.15) is 0 Å². The van der Waals surface area contributed by atoms with Crippen molar-refractivity contribution < 1.29 is 9.21 Å². The molecule has 0 saturated carbocycles. The predicted molar refractivity (Wildman–Crippen MR) is 74.4 cm³/mol. The van der Waals surface area contributed by atoms with Crippen LogP contribution in [-0.2, 0) is 0 Å². The Hall–Kier alpha value is -2.14. The number of ketones is 1. The van der Waals surface area contributed by atoms with Crippen molar-refractivity contribution in [3.8, 4) is 0 Å². The summed E-state index contributed by atoms with van der Waals surface area (Å²) >= 11 is 3.33. The minimum atomic E-state index is -0.526. The second-order valence-corrected chi connectivity index (χ2v) is 4.98. The second-order valence-electron chi connectivity index (χ2n) is 4.06. The number of benzene rings is 2. The van der Waals surface area contributed by atoms with Gasteiger partial charge in [0.05, 0.1) is 5.52 Å². The molecule has 4 nitrogen and oxygen atoms in total. The van der Waals surface area contributed by atoms with E-state index in [4.69, 9.17) is 4.42 Å². The highest BCUT2D eigenvalue weighted by atomic mass is 79.9. The molecule has 5 heteroatoms. The van der Waals surface area contributed by atoms with Crippen LogP contribution in [-0.4, -0.2) is 10.8 Å². The molecule has 0 aliphatic heterocycles. The predicted octanol–water partition coefficient (Wildman–Crippen LogP) is 3.11. The number of carbonyl (C=O) groups excluding carboxylic acids is 1. The maximum atomic E-state index is 12.3. The molecule has 1 heterocycles. The zero-order valence-electron chi connectivity index (χ0n) is 9.64. The van der Waals surface area contributed by atoms with Crippen LogP contribution in [0.25, 0.3) is 11.1 Å². The molecule has 0 spiro atoms. The first-order chi connectivity index (χ1) is 9.13. The lowest BCUT2D eigenvalue weighted by molar-refractivity contribution is 0.103. The number of aromatic amines is 1. The molecule has 0 unspecified atom stereocenters. The van der Waals surface area contributed by atoms with E-state index in [1.807, 2.05) is 6.07 Å². The van der Waals surface area contributed by atoms with E-state index >= 15 is 0 Å². The minimum absolute atomic E-state index is 0.118. The van der Waals surface area contributed by atoms with E-state index in [1.165, 1.54) is 0 Å². The lowest BCUT2D eigenvalue weighted by Crippen LogP contribution is -2.00. The van der Waals surface area contributed by atoms with Gasteiger partial charge in [-0.25, -0.2) is 4.79 Å². The molecule has 3 rings (SSSR count). The number of oxazole rings is 1. The van der Waals surface area contributed by atoms with Crippen LogP contribution in [0.1, 0.15) is 15.9 Å². The first-order valence-electron chi connectivity index (χ1n) is 5.56. The molecule has 0 radical (unpaired) electrons. The van der Waals surface area contributed by atoms with Crippen molar-refractivity contribution in [2.45, 2.75) is 0 Å². The van der Waals surface area contributed by atoms with Crippen LogP contribution in [0.2, 0.25) is 0 Å². The van der Waals surface area contributed by atoms with E-state index in [9.17, 15) is 9.59 Å². The number of carbonyl (C=O) groups is 1. The van der Waals surface area contributed by atoms with Crippen molar-refractivity contribution in [2.75, 3.05) is 0 Å². The van der Waals surface area contributed by atoms with E-state index in [0.717, 1.165) is 4.47 Å². The number of halogens is 1. The van der Waals surface area contributed by atoms with Crippen molar-refractivity contribution in [1.82, 2.24) is 4.98 Å². The van der Waals surface area contributed by atoms with Crippen LogP contribution in [0.4, 0.5) is 0 Å². The first kappa shape index (κ1) is 11.9. The first-order valence-corrected chi connectivity index (χ1v) is 6.36. The van der Waals surface area contributed by atoms with Crippen molar-refractivity contribution in [3.63, 3.8) is 0 Å². The SMILES string of the molecule is O=C(c1cccc(Br)c1)c1ccc2[nH]c(=O)oc2c1. The highest BCUT2D eigenvalue weighted by Gasteiger charge is 2.11. The Morgan fingerprint density at radius 3 is 2.68 bits per heavy atom. The second kappa shape index (κ2) is 4.51. The third kappa shape index (κ3) is 2.24. The third-order valence-corrected chi connectivity index (χ3v) is 3.26. The van der Waals surface area contributed by atoms with Gasteiger partial charge < -0.3 is 4.42 Å². The van der Waals surface area contributed by atoms with Gasteiger partial charge in [0.1, 0.15) is 0 Å². The number of nitrogens with one attached hydrogen (secondary N) is 1. The smallest absolute Gasteiger partial charge is 0.408 e. The van der Waals surface area contributed by atoms with Gasteiger partial charge in [0.25, 0.3) is 0 Å². The van der Waals surface area contributed by atoms with E-state index in [1.54, 1.807) is 36.4 Å². The maximum absolute atomic E-state index is 12.3. The van der Waals surface area contributed by atoms with Gasteiger partial charge in [0.2, 0.25) is 0 Å². The van der Waals surface area contributed by atoms with Crippen molar-refractivity contribution in [1.29, 1.82) is 0 Å². The van der Waals surface area contributed by atoms with E-state index in [-0.39, 0.29) is 5.78 Å². The topological polar surface area (TPSA) is 63.1 Å². The monoisotopic (exact) mass is 317 g/mol. The molecule has 0 aliphatic carbocycles. The summed E-state index contributed by atoms with van der Waals surface area (Å²) < 4.78 is 5.79. The van der Waals surface area contributed by atoms with Gasteiger partial charge in [0, 0.05) is 15.6 Å². The van der Waals surface area contributed by atoms with Gasteiger partial charge in [-0.3, -0.25) is 9.78 Å². The fourth-order valence-electron chi connectivity index (χ4n) is 1.88. The average Bonchev–Trinajstić information content (AvgIpc) is 2.76. The van der Waals surface area contributed by atoms with Crippen LogP contribution in [0.15, 0.2) is 56.1 Å². The molecule has 0 amide bonds. The molecular weight excluding hydrogens is 310 g/mol. The van der Waals surface area contributed by atoms with Crippen molar-refractivity contribution in [3.05, 3.63) is 68.6 Å². The Bertz CT molecular complexity index is 832. The minimum Gasteiger partial charge on any atom is -0.408 e. The molecular formula is C14H8BrNO3. The summed E-state index contributed by atoms with van der Waals surface area (Å²) in [6, 6.07) is 12.0. The number of aromatic nitrogens is 1. The van der Waals surface area contributed by atoms with Gasteiger partial charge in [-0.15, -0.1) is 0 Å². The summed E-state index contributed by atoms with van der Waals surface area (Å²) in [5, 5.41) is 0. The standard InChI is InChI=1S/C14H8BrNO3/c15-10-3-1-2-8(6-10)13(17)9-4-5-11-12(7-9)19-14(18)16-11/h1-7H,(H,16,18). The summed E-state index contributed by atoms with van der Waals surface area (Å²) in [5.41, 5.74) is 2.02. The van der Waals surface area contributed by atoms with Crippen LogP contribution < -0.4 is 5.76 Å². The van der Waals surface area contributed by atoms with Gasteiger partial charge in [0.15, 0.2) is 11.4 Å². The fraction of sp³-hybridized carbons (Fsp3) is 0. The molecule has 1 aromatic heterocycles. The zero-order valence-corrected chi connectivity index (χ0v) is 11.2. The lowest BCUT2D eigenvalue weighted by Gasteiger charge is -2.01. The number of hydrogen-bond donors (Lipinski definition) is 1. The van der Waals surface area contributed by atoms with Crippen molar-refractivity contribution >= 4 is 32.8 Å². The summed E-state index contributed by atoms with van der Waals surface area (Å²) in [6.07, 6.45) is 0. The van der Waals surface area contributed by atoms with E-state index < -0.39 is 5.76 Å². The molecule has 3 aromatic rings. The quantitative estimate of drug-likeness (QED) is 0.739. The zero-order chi connectivity index (χ0) is 13.4. The molecule has 94 valence electrons. The number of fused-ring (bicyclic) bond motifs is 1. The number of rotatable bonds is 2. The molecule has 1 N–H and O–H groups in total. The largest absolute Gasteiger partial charge is 0.417 e. The molecule has 0 saturated heterocycles. The van der Waals surface area contributed by atoms with Crippen LogP contribution in [0.5, 0.6) is 0 Å². The molecule has 0 atom stereocenters. The Morgan fingerprint density at radius 2 is 1.89 bits per heavy atom. The van der Waals surface area contributed by atoms with Gasteiger partial charge in [-0.05, 0) is 30.3 Å². The fourth-order valence-corrected chi connectivity index (χ4v) is 2.28. The van der Waals surface area contributed by atoms with E-state index in [0.29, 0.717) is 22.2 Å². The normalized spacial score (nSPS) is 10.8. The Balaban J connectivity index is 2.08. The van der Waals surface area contributed by atoms with Crippen molar-refractivity contribution in [2.24, 2.45) is 0 Å². The molecule has 19 heavy (non-hydrogen) atoms. The number of H-pyrrole nitrogens is 1. The Labute approximate surface area is 116 Å². The van der Waals surface area contributed by atoms with E-state index in [2.05, 4.69) is 20.9 Å². The highest BCUT2D eigenvalue weighted by Crippen LogP contribution is 2.18. The average molecular weight is 318 g/mol.